The van der Waals surface area contributed by atoms with Gasteiger partial charge in [-0.15, -0.1) is 0 Å². The summed E-state index contributed by atoms with van der Waals surface area (Å²) in [4.78, 5) is 0. The van der Waals surface area contributed by atoms with Gasteiger partial charge < -0.3 is 5.73 Å². The van der Waals surface area contributed by atoms with E-state index in [0.717, 1.165) is 18.5 Å². The van der Waals surface area contributed by atoms with E-state index in [2.05, 4.69) is 16.5 Å². The lowest BCUT2D eigenvalue weighted by atomic mass is 10.1. The van der Waals surface area contributed by atoms with Crippen LogP contribution in [-0.4, -0.2) is 10.4 Å². The Bertz CT molecular complexity index is 290. The molecule has 70 valence electrons. The third kappa shape index (κ3) is 2.17. The van der Waals surface area contributed by atoms with Gasteiger partial charge in [-0.25, -0.2) is 0 Å². The predicted octanol–water partition coefficient (Wildman–Crippen LogP) is 2.43. The van der Waals surface area contributed by atoms with Crippen molar-refractivity contribution in [1.29, 1.82) is 0 Å². The highest BCUT2D eigenvalue weighted by Gasteiger charge is 2.10. The number of nitrogens with two attached hydrogens (primary N) is 1. The summed E-state index contributed by atoms with van der Waals surface area (Å²) >= 11 is 1.51. The fraction of sp³-hybridized carbons (Fsp3) is 0.500. The van der Waals surface area contributed by atoms with E-state index in [9.17, 15) is 0 Å². The van der Waals surface area contributed by atoms with Crippen LogP contribution in [0.1, 0.15) is 31.4 Å². The minimum absolute atomic E-state index is 0.235. The number of nitrogens with zero attached hydrogens (tertiary/aromatic N) is 1. The first-order valence-electron chi connectivity index (χ1n) is 4.73. The minimum Gasteiger partial charge on any atom is -0.324 e. The molecule has 0 saturated heterocycles. The SMILES string of the molecule is NC1C=C(c2ccsn2)CCCC1. The topological polar surface area (TPSA) is 38.9 Å². The molecule has 0 saturated carbocycles. The third-order valence-electron chi connectivity index (χ3n) is 2.42. The summed E-state index contributed by atoms with van der Waals surface area (Å²) in [6, 6.07) is 2.31. The molecule has 1 aromatic heterocycles. The molecule has 2 N–H and O–H groups in total. The van der Waals surface area contributed by atoms with Crippen LogP contribution in [0.5, 0.6) is 0 Å². The Morgan fingerprint density at radius 2 is 2.38 bits per heavy atom. The van der Waals surface area contributed by atoms with Crippen molar-refractivity contribution in [1.82, 2.24) is 4.37 Å². The van der Waals surface area contributed by atoms with Crippen LogP contribution in [0.4, 0.5) is 0 Å². The Balaban J connectivity index is 2.21. The summed E-state index contributed by atoms with van der Waals surface area (Å²) in [5.74, 6) is 0. The van der Waals surface area contributed by atoms with E-state index in [4.69, 9.17) is 5.73 Å². The van der Waals surface area contributed by atoms with Crippen molar-refractivity contribution in [2.45, 2.75) is 31.7 Å². The number of hydrogen-bond donors (Lipinski definition) is 1. The van der Waals surface area contributed by atoms with Crippen molar-refractivity contribution in [3.8, 4) is 0 Å². The summed E-state index contributed by atoms with van der Waals surface area (Å²) in [6.07, 6.45) is 6.93. The highest BCUT2D eigenvalue weighted by molar-refractivity contribution is 7.03. The van der Waals surface area contributed by atoms with Crippen molar-refractivity contribution < 1.29 is 0 Å². The second-order valence-electron chi connectivity index (χ2n) is 3.49. The monoisotopic (exact) mass is 194 g/mol. The molecular formula is C10H14N2S. The Labute approximate surface area is 82.6 Å². The summed E-state index contributed by atoms with van der Waals surface area (Å²) in [5, 5.41) is 2.02. The van der Waals surface area contributed by atoms with Gasteiger partial charge in [0.25, 0.3) is 0 Å². The quantitative estimate of drug-likeness (QED) is 0.745. The maximum atomic E-state index is 5.93. The van der Waals surface area contributed by atoms with Crippen LogP contribution in [0, 0.1) is 0 Å². The highest BCUT2D eigenvalue weighted by Crippen LogP contribution is 2.24. The maximum absolute atomic E-state index is 5.93. The number of allylic oxidation sites excluding steroid dienone is 1. The molecule has 1 heterocycles. The molecule has 13 heavy (non-hydrogen) atoms. The lowest BCUT2D eigenvalue weighted by Crippen LogP contribution is -2.15. The number of hydrogen-bond acceptors (Lipinski definition) is 3. The molecule has 0 spiro atoms. The van der Waals surface area contributed by atoms with E-state index < -0.39 is 0 Å². The molecule has 3 heteroatoms. The van der Waals surface area contributed by atoms with E-state index in [1.54, 1.807) is 0 Å². The van der Waals surface area contributed by atoms with E-state index in [0.29, 0.717) is 0 Å². The Hall–Kier alpha value is -0.670. The van der Waals surface area contributed by atoms with Crippen LogP contribution in [0.3, 0.4) is 0 Å². The molecule has 0 aromatic carbocycles. The van der Waals surface area contributed by atoms with Crippen molar-refractivity contribution >= 4 is 17.1 Å². The molecule has 1 unspecified atom stereocenters. The predicted molar refractivity (Wildman–Crippen MR) is 56.5 cm³/mol. The molecule has 1 aromatic rings. The second kappa shape index (κ2) is 4.03. The van der Waals surface area contributed by atoms with Crippen molar-refractivity contribution in [2.24, 2.45) is 5.73 Å². The van der Waals surface area contributed by atoms with Crippen LogP contribution >= 0.6 is 11.5 Å². The zero-order valence-corrected chi connectivity index (χ0v) is 8.39. The fourth-order valence-electron chi connectivity index (χ4n) is 1.71. The normalized spacial score (nSPS) is 23.8. The molecule has 0 bridgehead atoms. The van der Waals surface area contributed by atoms with E-state index >= 15 is 0 Å². The zero-order chi connectivity index (χ0) is 9.10. The fourth-order valence-corrected chi connectivity index (χ4v) is 2.25. The van der Waals surface area contributed by atoms with Gasteiger partial charge in [-0.1, -0.05) is 12.5 Å². The van der Waals surface area contributed by atoms with Crippen LogP contribution in [0.15, 0.2) is 17.5 Å². The maximum Gasteiger partial charge on any atom is 0.0797 e. The van der Waals surface area contributed by atoms with Crippen molar-refractivity contribution in [3.63, 3.8) is 0 Å². The second-order valence-corrected chi connectivity index (χ2v) is 4.15. The zero-order valence-electron chi connectivity index (χ0n) is 7.57. The first-order chi connectivity index (χ1) is 6.36. The number of rotatable bonds is 1. The molecule has 1 aliphatic carbocycles. The molecule has 2 nitrogen and oxygen atoms in total. The lowest BCUT2D eigenvalue weighted by Gasteiger charge is -2.02. The van der Waals surface area contributed by atoms with Gasteiger partial charge in [-0.2, -0.15) is 4.37 Å². The first kappa shape index (κ1) is 8.91. The molecule has 1 atom stereocenters. The molecule has 0 amide bonds. The van der Waals surface area contributed by atoms with Gasteiger partial charge in [-0.3, -0.25) is 0 Å². The third-order valence-corrected chi connectivity index (χ3v) is 2.98. The van der Waals surface area contributed by atoms with Gasteiger partial charge in [0.05, 0.1) is 5.69 Å². The van der Waals surface area contributed by atoms with E-state index in [1.807, 2.05) is 5.38 Å². The Morgan fingerprint density at radius 1 is 1.46 bits per heavy atom. The van der Waals surface area contributed by atoms with Gasteiger partial charge in [0.2, 0.25) is 0 Å². The summed E-state index contributed by atoms with van der Waals surface area (Å²) in [6.45, 7) is 0. The van der Waals surface area contributed by atoms with Crippen LogP contribution in [0.2, 0.25) is 0 Å². The molecule has 0 aliphatic heterocycles. The standard InChI is InChI=1S/C10H14N2S/c11-9-4-2-1-3-8(7-9)10-5-6-13-12-10/h5-7,9H,1-4,11H2. The van der Waals surface area contributed by atoms with Crippen molar-refractivity contribution in [2.75, 3.05) is 0 Å². The van der Waals surface area contributed by atoms with Crippen LogP contribution in [0.25, 0.3) is 5.57 Å². The van der Waals surface area contributed by atoms with E-state index in [1.165, 1.54) is 29.9 Å². The largest absolute Gasteiger partial charge is 0.324 e. The van der Waals surface area contributed by atoms with E-state index in [-0.39, 0.29) is 6.04 Å². The summed E-state index contributed by atoms with van der Waals surface area (Å²) in [5.41, 5.74) is 8.40. The van der Waals surface area contributed by atoms with Gasteiger partial charge in [0, 0.05) is 11.4 Å². The molecule has 0 fully saturated rings. The Kier molecular flexibility index (Phi) is 2.76. The number of aromatic nitrogens is 1. The lowest BCUT2D eigenvalue weighted by molar-refractivity contribution is 0.658. The van der Waals surface area contributed by atoms with Crippen LogP contribution < -0.4 is 5.73 Å². The molecular weight excluding hydrogens is 180 g/mol. The van der Waals surface area contributed by atoms with Gasteiger partial charge in [-0.05, 0) is 42.4 Å². The smallest absolute Gasteiger partial charge is 0.0797 e. The van der Waals surface area contributed by atoms with Gasteiger partial charge in [0.15, 0.2) is 0 Å². The molecule has 0 radical (unpaired) electrons. The first-order valence-corrected chi connectivity index (χ1v) is 5.57. The highest BCUT2D eigenvalue weighted by atomic mass is 32.1. The van der Waals surface area contributed by atoms with Crippen LogP contribution in [-0.2, 0) is 0 Å². The van der Waals surface area contributed by atoms with Gasteiger partial charge in [0.1, 0.15) is 0 Å². The molecule has 1 aliphatic rings. The summed E-state index contributed by atoms with van der Waals surface area (Å²) < 4.78 is 4.33. The van der Waals surface area contributed by atoms with Crippen molar-refractivity contribution in [3.05, 3.63) is 23.2 Å². The minimum atomic E-state index is 0.235. The Morgan fingerprint density at radius 3 is 3.15 bits per heavy atom. The summed E-state index contributed by atoms with van der Waals surface area (Å²) in [7, 11) is 0. The molecule has 2 rings (SSSR count). The average molecular weight is 194 g/mol. The average Bonchev–Trinajstić information content (AvgIpc) is 2.56. The van der Waals surface area contributed by atoms with Gasteiger partial charge >= 0.3 is 0 Å².